The summed E-state index contributed by atoms with van der Waals surface area (Å²) in [6, 6.07) is 8.39. The summed E-state index contributed by atoms with van der Waals surface area (Å²) < 4.78 is 11.5. The summed E-state index contributed by atoms with van der Waals surface area (Å²) >= 11 is 0. The van der Waals surface area contributed by atoms with Crippen LogP contribution in [0.25, 0.3) is 0 Å². The zero-order chi connectivity index (χ0) is 15.3. The highest BCUT2D eigenvalue weighted by atomic mass is 16.5. The number of benzene rings is 1. The molecule has 4 nitrogen and oxygen atoms in total. The topological polar surface area (TPSA) is 54.3 Å². The van der Waals surface area contributed by atoms with Gasteiger partial charge in [-0.15, -0.1) is 0 Å². The number of aryl methyl sites for hydroxylation is 1. The maximum Gasteiger partial charge on any atom is 0.161 e. The summed E-state index contributed by atoms with van der Waals surface area (Å²) in [6.45, 7) is 4.86. The molecule has 1 aromatic rings. The molecule has 0 radical (unpaired) electrons. The molecule has 0 heterocycles. The van der Waals surface area contributed by atoms with E-state index in [0.717, 1.165) is 42.9 Å². The van der Waals surface area contributed by atoms with Crippen molar-refractivity contribution in [3.63, 3.8) is 0 Å². The van der Waals surface area contributed by atoms with Gasteiger partial charge in [-0.25, -0.2) is 0 Å². The van der Waals surface area contributed by atoms with Crippen molar-refractivity contribution in [2.75, 3.05) is 13.7 Å². The minimum Gasteiger partial charge on any atom is -0.493 e. The molecule has 1 aliphatic rings. The number of nitrogens with zero attached hydrogens (tertiary/aromatic N) is 1. The second-order valence-electron chi connectivity index (χ2n) is 5.71. The third kappa shape index (κ3) is 3.68. The molecule has 0 amide bonds. The van der Waals surface area contributed by atoms with Crippen molar-refractivity contribution in [2.45, 2.75) is 51.2 Å². The van der Waals surface area contributed by atoms with E-state index in [2.05, 4.69) is 11.4 Å². The lowest BCUT2D eigenvalue weighted by atomic mass is 9.81. The lowest BCUT2D eigenvalue weighted by molar-refractivity contribution is 0.110. The fourth-order valence-electron chi connectivity index (χ4n) is 3.02. The van der Waals surface area contributed by atoms with Crippen LogP contribution in [-0.4, -0.2) is 25.3 Å². The van der Waals surface area contributed by atoms with Crippen LogP contribution in [0.15, 0.2) is 18.2 Å². The summed E-state index contributed by atoms with van der Waals surface area (Å²) in [5.74, 6) is 1.52. The van der Waals surface area contributed by atoms with Gasteiger partial charge in [-0.1, -0.05) is 13.0 Å². The Bertz CT molecular complexity index is 520. The third-order valence-corrected chi connectivity index (χ3v) is 4.05. The molecule has 1 N–H and O–H groups in total. The fourth-order valence-corrected chi connectivity index (χ4v) is 3.02. The van der Waals surface area contributed by atoms with Gasteiger partial charge in [-0.3, -0.25) is 5.32 Å². The highest BCUT2D eigenvalue weighted by molar-refractivity contribution is 5.42. The minimum atomic E-state index is -0.449. The monoisotopic (exact) mass is 288 g/mol. The molecule has 2 rings (SSSR count). The highest BCUT2D eigenvalue weighted by Gasteiger charge is 2.37. The van der Waals surface area contributed by atoms with Crippen molar-refractivity contribution >= 4 is 0 Å². The Balaban J connectivity index is 2.11. The van der Waals surface area contributed by atoms with Crippen LogP contribution in [0.4, 0.5) is 0 Å². The Labute approximate surface area is 127 Å². The van der Waals surface area contributed by atoms with E-state index in [0.29, 0.717) is 6.42 Å². The number of nitriles is 1. The number of hydrogen-bond donors (Lipinski definition) is 1. The molecule has 1 aromatic carbocycles. The fraction of sp³-hybridized carbons (Fsp3) is 0.588. The van der Waals surface area contributed by atoms with E-state index < -0.39 is 5.54 Å². The van der Waals surface area contributed by atoms with Crippen molar-refractivity contribution in [3.05, 3.63) is 23.8 Å². The highest BCUT2D eigenvalue weighted by Crippen LogP contribution is 2.34. The summed E-state index contributed by atoms with van der Waals surface area (Å²) in [6.07, 6.45) is 3.64. The second kappa shape index (κ2) is 6.82. The van der Waals surface area contributed by atoms with Gasteiger partial charge in [-0.2, -0.15) is 5.26 Å². The Morgan fingerprint density at radius 2 is 2.24 bits per heavy atom. The van der Waals surface area contributed by atoms with Crippen LogP contribution in [-0.2, 0) is 0 Å². The first-order valence-corrected chi connectivity index (χ1v) is 7.60. The number of rotatable bonds is 5. The van der Waals surface area contributed by atoms with Crippen molar-refractivity contribution < 1.29 is 9.47 Å². The van der Waals surface area contributed by atoms with E-state index >= 15 is 0 Å². The van der Waals surface area contributed by atoms with Crippen LogP contribution < -0.4 is 14.8 Å². The Morgan fingerprint density at radius 1 is 1.43 bits per heavy atom. The maximum absolute atomic E-state index is 9.50. The van der Waals surface area contributed by atoms with Crippen LogP contribution in [0.3, 0.4) is 0 Å². The Morgan fingerprint density at radius 3 is 2.90 bits per heavy atom. The summed E-state index contributed by atoms with van der Waals surface area (Å²) in [7, 11) is 1.65. The van der Waals surface area contributed by atoms with E-state index in [-0.39, 0.29) is 6.10 Å². The first-order chi connectivity index (χ1) is 10.1. The number of ether oxygens (including phenoxy) is 2. The van der Waals surface area contributed by atoms with Gasteiger partial charge in [0.1, 0.15) is 11.6 Å². The van der Waals surface area contributed by atoms with Crippen molar-refractivity contribution in [2.24, 2.45) is 0 Å². The van der Waals surface area contributed by atoms with Gasteiger partial charge in [0.25, 0.3) is 0 Å². The minimum absolute atomic E-state index is 0.0501. The van der Waals surface area contributed by atoms with Crippen LogP contribution in [0.1, 0.15) is 38.2 Å². The molecule has 0 aliphatic heterocycles. The van der Waals surface area contributed by atoms with Crippen LogP contribution >= 0.6 is 0 Å². The van der Waals surface area contributed by atoms with Gasteiger partial charge in [0, 0.05) is 6.42 Å². The largest absolute Gasteiger partial charge is 0.493 e. The van der Waals surface area contributed by atoms with E-state index in [1.165, 1.54) is 0 Å². The molecule has 0 saturated heterocycles. The zero-order valence-corrected chi connectivity index (χ0v) is 13.1. The number of hydrogen-bond acceptors (Lipinski definition) is 4. The van der Waals surface area contributed by atoms with Gasteiger partial charge in [0.15, 0.2) is 11.5 Å². The molecule has 21 heavy (non-hydrogen) atoms. The molecule has 1 fully saturated rings. The summed E-state index contributed by atoms with van der Waals surface area (Å²) in [5, 5.41) is 12.8. The van der Waals surface area contributed by atoms with E-state index in [9.17, 15) is 5.26 Å². The zero-order valence-electron chi connectivity index (χ0n) is 13.1. The van der Waals surface area contributed by atoms with Crippen molar-refractivity contribution in [1.82, 2.24) is 5.32 Å². The number of methoxy groups -OCH3 is 1. The molecule has 2 atom stereocenters. The molecule has 1 saturated carbocycles. The average molecular weight is 288 g/mol. The van der Waals surface area contributed by atoms with Crippen LogP contribution in [0, 0.1) is 18.3 Å². The smallest absolute Gasteiger partial charge is 0.161 e. The Kier molecular flexibility index (Phi) is 5.08. The Hall–Kier alpha value is -1.73. The van der Waals surface area contributed by atoms with Gasteiger partial charge in [-0.05, 0) is 50.4 Å². The second-order valence-corrected chi connectivity index (χ2v) is 5.71. The lowest BCUT2D eigenvalue weighted by Crippen LogP contribution is -2.49. The van der Waals surface area contributed by atoms with Crippen molar-refractivity contribution in [1.29, 1.82) is 5.26 Å². The molecular weight excluding hydrogens is 264 g/mol. The standard InChI is InChI=1S/C17H24N2O2/c1-4-19-17(12-18)9-5-6-14(11-17)21-15-8-7-13(2)10-16(15)20-3/h7-8,10,14,19H,4-6,9,11H2,1-3H3. The molecule has 114 valence electrons. The SMILES string of the molecule is CCNC1(C#N)CCCC(Oc2ccc(C)cc2OC)C1. The van der Waals surface area contributed by atoms with Gasteiger partial charge < -0.3 is 9.47 Å². The number of nitrogens with one attached hydrogen (secondary N) is 1. The first kappa shape index (κ1) is 15.7. The molecule has 4 heteroatoms. The van der Waals surface area contributed by atoms with Gasteiger partial charge in [0.05, 0.1) is 13.2 Å². The normalized spacial score (nSPS) is 25.1. The molecule has 1 aliphatic carbocycles. The molecule has 0 spiro atoms. The van der Waals surface area contributed by atoms with Gasteiger partial charge in [0.2, 0.25) is 0 Å². The van der Waals surface area contributed by atoms with Crippen LogP contribution in [0.5, 0.6) is 11.5 Å². The average Bonchev–Trinajstić information content (AvgIpc) is 2.49. The maximum atomic E-state index is 9.50. The quantitative estimate of drug-likeness (QED) is 0.904. The van der Waals surface area contributed by atoms with Crippen LogP contribution in [0.2, 0.25) is 0 Å². The molecular formula is C17H24N2O2. The summed E-state index contributed by atoms with van der Waals surface area (Å²) in [4.78, 5) is 0. The summed E-state index contributed by atoms with van der Waals surface area (Å²) in [5.41, 5.74) is 0.692. The van der Waals surface area contributed by atoms with E-state index in [4.69, 9.17) is 9.47 Å². The molecule has 2 unspecified atom stereocenters. The molecule has 0 bridgehead atoms. The predicted molar refractivity (Wildman–Crippen MR) is 82.6 cm³/mol. The van der Waals surface area contributed by atoms with Gasteiger partial charge >= 0.3 is 0 Å². The van der Waals surface area contributed by atoms with Crippen molar-refractivity contribution in [3.8, 4) is 17.6 Å². The first-order valence-electron chi connectivity index (χ1n) is 7.60. The third-order valence-electron chi connectivity index (χ3n) is 4.05. The van der Waals surface area contributed by atoms with E-state index in [1.54, 1.807) is 7.11 Å². The lowest BCUT2D eigenvalue weighted by Gasteiger charge is -2.36. The molecule has 0 aromatic heterocycles. The van der Waals surface area contributed by atoms with E-state index in [1.807, 2.05) is 32.0 Å². The predicted octanol–water partition coefficient (Wildman–Crippen LogP) is 3.20.